The maximum Gasteiger partial charge on any atom is 0.0533 e. The molecule has 1 aliphatic carbocycles. The summed E-state index contributed by atoms with van der Waals surface area (Å²) in [5, 5.41) is 0. The van der Waals surface area contributed by atoms with Gasteiger partial charge in [0.05, 0.1) is 5.69 Å². The van der Waals surface area contributed by atoms with E-state index < -0.39 is 0 Å². The molecule has 254 valence electrons. The highest BCUT2D eigenvalue weighted by Crippen LogP contribution is 2.52. The first-order chi connectivity index (χ1) is 26.0. The molecule has 1 aliphatic heterocycles. The summed E-state index contributed by atoms with van der Waals surface area (Å²) in [5.41, 5.74) is 17.6. The van der Waals surface area contributed by atoms with Crippen molar-refractivity contribution in [1.29, 1.82) is 0 Å². The number of hydrogen-bond donors (Lipinski definition) is 0. The van der Waals surface area contributed by atoms with Gasteiger partial charge in [-0.3, -0.25) is 0 Å². The van der Waals surface area contributed by atoms with Crippen LogP contribution < -0.4 is 9.80 Å². The van der Waals surface area contributed by atoms with Crippen LogP contribution in [0.4, 0.5) is 28.4 Å². The average molecular weight is 681 g/mol. The van der Waals surface area contributed by atoms with Crippen LogP contribution in [0.3, 0.4) is 0 Å². The third-order valence-electron chi connectivity index (χ3n) is 10.8. The van der Waals surface area contributed by atoms with E-state index in [4.69, 9.17) is 0 Å². The zero-order valence-corrected chi connectivity index (χ0v) is 30.1. The first kappa shape index (κ1) is 32.3. The Balaban J connectivity index is 1.12. The van der Waals surface area contributed by atoms with Crippen molar-refractivity contribution in [1.82, 2.24) is 0 Å². The van der Waals surface area contributed by atoms with Gasteiger partial charge in [0, 0.05) is 39.9 Å². The van der Waals surface area contributed by atoms with E-state index in [1.807, 2.05) is 0 Å². The van der Waals surface area contributed by atoms with Crippen LogP contribution in [-0.4, -0.2) is 0 Å². The van der Waals surface area contributed by atoms with Crippen LogP contribution in [0.15, 0.2) is 201 Å². The number of rotatable bonds is 6. The molecule has 0 fully saturated rings. The van der Waals surface area contributed by atoms with E-state index in [9.17, 15) is 0 Å². The summed E-state index contributed by atoms with van der Waals surface area (Å²) in [5.74, 6) is 0. The molecule has 0 radical (unpaired) electrons. The number of anilines is 5. The van der Waals surface area contributed by atoms with Gasteiger partial charge >= 0.3 is 0 Å². The first-order valence-electron chi connectivity index (χ1n) is 18.3. The molecule has 1 heterocycles. The van der Waals surface area contributed by atoms with Crippen molar-refractivity contribution in [2.45, 2.75) is 19.3 Å². The van der Waals surface area contributed by atoms with Gasteiger partial charge < -0.3 is 9.80 Å². The molecular formula is C51H40N2. The average Bonchev–Trinajstić information content (AvgIpc) is 3.43. The van der Waals surface area contributed by atoms with Crippen LogP contribution in [0, 0.1) is 0 Å². The molecule has 0 saturated carbocycles. The van der Waals surface area contributed by atoms with Gasteiger partial charge in [0.1, 0.15) is 0 Å². The van der Waals surface area contributed by atoms with Crippen molar-refractivity contribution < 1.29 is 0 Å². The molecule has 0 unspecified atom stereocenters. The lowest BCUT2D eigenvalue weighted by molar-refractivity contribution is 0.660. The zero-order chi connectivity index (χ0) is 35.9. The van der Waals surface area contributed by atoms with Crippen LogP contribution in [-0.2, 0) is 5.41 Å². The Hall–Kier alpha value is -6.64. The smallest absolute Gasteiger partial charge is 0.0533 e. The number of nitrogens with zero attached hydrogens (tertiary/aromatic N) is 2. The second-order valence-corrected chi connectivity index (χ2v) is 14.4. The highest BCUT2D eigenvalue weighted by atomic mass is 15.1. The minimum atomic E-state index is -0.216. The largest absolute Gasteiger partial charge is 0.317 e. The van der Waals surface area contributed by atoms with Crippen LogP contribution in [0.5, 0.6) is 0 Å². The Morgan fingerprint density at radius 3 is 1.60 bits per heavy atom. The SMILES string of the molecule is C=C1/C=C\C=C/N(c2ccc3c(c2)C(C)(C)c2cc(N(c4ccc(-c5ccccc5)cc4)c4ccc(-c5ccccc5)cc4)ccc2-3)c2ccccc21. The molecule has 2 heteroatoms. The van der Waals surface area contributed by atoms with E-state index in [1.54, 1.807) is 0 Å². The molecule has 7 aromatic rings. The second-order valence-electron chi connectivity index (χ2n) is 14.4. The van der Waals surface area contributed by atoms with E-state index in [1.165, 1.54) is 44.5 Å². The van der Waals surface area contributed by atoms with E-state index >= 15 is 0 Å². The van der Waals surface area contributed by atoms with Crippen LogP contribution >= 0.6 is 0 Å². The van der Waals surface area contributed by atoms with Gasteiger partial charge in [0.15, 0.2) is 0 Å². The van der Waals surface area contributed by atoms with Crippen LogP contribution in [0.2, 0.25) is 0 Å². The standard InChI is InChI=1S/C51H40N2/c1-36-14-12-13-33-52(50-20-11-10-19-45(36)50)43-29-31-46-47-32-30-44(35-49(47)51(2,3)48(46)34-43)53(41-25-21-39(22-26-41)37-15-6-4-7-16-37)42-27-23-40(24-28-42)38-17-8-5-9-18-38/h4-35H,1H2,2-3H3/b14-12-,33-13-. The quantitative estimate of drug-likeness (QED) is 0.172. The summed E-state index contributed by atoms with van der Waals surface area (Å²) in [7, 11) is 0. The van der Waals surface area contributed by atoms with Crippen molar-refractivity contribution in [3.63, 3.8) is 0 Å². The fourth-order valence-corrected chi connectivity index (χ4v) is 7.97. The molecule has 0 spiro atoms. The molecule has 0 atom stereocenters. The summed E-state index contributed by atoms with van der Waals surface area (Å²) < 4.78 is 0. The van der Waals surface area contributed by atoms with Crippen LogP contribution in [0.1, 0.15) is 30.5 Å². The van der Waals surface area contributed by atoms with Gasteiger partial charge in [-0.25, -0.2) is 0 Å². The minimum Gasteiger partial charge on any atom is -0.317 e. The molecule has 53 heavy (non-hydrogen) atoms. The Morgan fingerprint density at radius 1 is 0.472 bits per heavy atom. The van der Waals surface area contributed by atoms with Crippen molar-refractivity contribution in [3.05, 3.63) is 218 Å². The molecule has 0 aromatic heterocycles. The maximum atomic E-state index is 4.34. The fourth-order valence-electron chi connectivity index (χ4n) is 7.97. The first-order valence-corrected chi connectivity index (χ1v) is 18.3. The van der Waals surface area contributed by atoms with Gasteiger partial charge in [0.25, 0.3) is 0 Å². The summed E-state index contributed by atoms with van der Waals surface area (Å²) >= 11 is 0. The highest BCUT2D eigenvalue weighted by Gasteiger charge is 2.36. The number of allylic oxidation sites excluding steroid dienone is 4. The molecule has 0 bridgehead atoms. The fraction of sp³-hybridized carbons (Fsp3) is 0.0588. The van der Waals surface area contributed by atoms with E-state index in [0.717, 1.165) is 39.6 Å². The number of hydrogen-bond acceptors (Lipinski definition) is 2. The lowest BCUT2D eigenvalue weighted by Gasteiger charge is -2.29. The number of para-hydroxylation sites is 1. The monoisotopic (exact) mass is 680 g/mol. The van der Waals surface area contributed by atoms with Crippen molar-refractivity contribution >= 4 is 34.0 Å². The molecule has 2 aliphatic rings. The van der Waals surface area contributed by atoms with Gasteiger partial charge in [0.2, 0.25) is 0 Å². The van der Waals surface area contributed by atoms with Gasteiger partial charge in [-0.15, -0.1) is 0 Å². The van der Waals surface area contributed by atoms with Crippen LogP contribution in [0.25, 0.3) is 39.0 Å². The lowest BCUT2D eigenvalue weighted by Crippen LogP contribution is -2.18. The Labute approximate surface area is 312 Å². The molecule has 0 saturated heterocycles. The maximum absolute atomic E-state index is 4.34. The second kappa shape index (κ2) is 13.2. The summed E-state index contributed by atoms with van der Waals surface area (Å²) in [4.78, 5) is 4.67. The Bertz CT molecular complexity index is 2440. The summed E-state index contributed by atoms with van der Waals surface area (Å²) in [6.07, 6.45) is 8.38. The molecule has 7 aromatic carbocycles. The predicted molar refractivity (Wildman–Crippen MR) is 225 cm³/mol. The normalized spacial score (nSPS) is 15.1. The molecule has 0 N–H and O–H groups in total. The summed E-state index contributed by atoms with van der Waals surface area (Å²) in [6, 6.07) is 61.5. The topological polar surface area (TPSA) is 6.48 Å². The van der Waals surface area contributed by atoms with Crippen molar-refractivity contribution in [3.8, 4) is 33.4 Å². The summed E-state index contributed by atoms with van der Waals surface area (Å²) in [6.45, 7) is 9.07. The van der Waals surface area contributed by atoms with E-state index in [0.29, 0.717) is 0 Å². The molecular weight excluding hydrogens is 641 g/mol. The highest BCUT2D eigenvalue weighted by molar-refractivity contribution is 5.90. The zero-order valence-electron chi connectivity index (χ0n) is 30.1. The predicted octanol–water partition coefficient (Wildman–Crippen LogP) is 14.0. The Kier molecular flexibility index (Phi) is 8.01. The molecule has 2 nitrogen and oxygen atoms in total. The minimum absolute atomic E-state index is 0.216. The number of benzene rings is 7. The van der Waals surface area contributed by atoms with E-state index in [-0.39, 0.29) is 5.41 Å². The van der Waals surface area contributed by atoms with Gasteiger partial charge in [-0.2, -0.15) is 0 Å². The van der Waals surface area contributed by atoms with Crippen molar-refractivity contribution in [2.24, 2.45) is 0 Å². The van der Waals surface area contributed by atoms with Gasteiger partial charge in [-0.1, -0.05) is 148 Å². The lowest BCUT2D eigenvalue weighted by atomic mass is 9.82. The number of fused-ring (bicyclic) bond motifs is 4. The Morgan fingerprint density at radius 2 is 0.981 bits per heavy atom. The molecule has 0 amide bonds. The molecule has 9 rings (SSSR count). The van der Waals surface area contributed by atoms with E-state index in [2.05, 4.69) is 225 Å². The van der Waals surface area contributed by atoms with Crippen molar-refractivity contribution in [2.75, 3.05) is 9.80 Å². The third-order valence-corrected chi connectivity index (χ3v) is 10.8. The third kappa shape index (κ3) is 5.79. The van der Waals surface area contributed by atoms with Gasteiger partial charge in [-0.05, 0) is 111 Å².